The molecule has 0 aromatic heterocycles. The van der Waals surface area contributed by atoms with E-state index in [0.717, 1.165) is 12.5 Å². The van der Waals surface area contributed by atoms with Crippen LogP contribution in [0.25, 0.3) is 0 Å². The molecule has 0 bridgehead atoms. The minimum atomic E-state index is -1.00. The molecule has 0 radical (unpaired) electrons. The summed E-state index contributed by atoms with van der Waals surface area (Å²) in [5, 5.41) is 0. The lowest BCUT2D eigenvalue weighted by Crippen LogP contribution is -2.27. The van der Waals surface area contributed by atoms with Crippen LogP contribution in [-0.4, -0.2) is 20.3 Å². The molecule has 1 aromatic carbocycles. The highest BCUT2D eigenvalue weighted by molar-refractivity contribution is 5.36. The van der Waals surface area contributed by atoms with Gasteiger partial charge in [-0.05, 0) is 18.6 Å². The van der Waals surface area contributed by atoms with Crippen molar-refractivity contribution in [3.63, 3.8) is 0 Å². The minimum absolute atomic E-state index is 0.144. The third-order valence-corrected chi connectivity index (χ3v) is 4.47. The van der Waals surface area contributed by atoms with Crippen LogP contribution in [0.5, 0.6) is 5.75 Å². The number of methoxy groups -OCH3 is 1. The fourth-order valence-corrected chi connectivity index (χ4v) is 3.04. The van der Waals surface area contributed by atoms with Crippen LogP contribution < -0.4 is 4.74 Å². The summed E-state index contributed by atoms with van der Waals surface area (Å²) in [5.74, 6) is -1.72. The van der Waals surface area contributed by atoms with Crippen LogP contribution in [0.2, 0.25) is 0 Å². The Hall–Kier alpha value is -1.20. The molecule has 24 heavy (non-hydrogen) atoms. The normalized spacial score (nSPS) is 21.0. The summed E-state index contributed by atoms with van der Waals surface area (Å²) in [6.45, 7) is 3.36. The highest BCUT2D eigenvalue weighted by atomic mass is 19.2. The maximum Gasteiger partial charge on any atom is 0.201 e. The molecular weight excluding hydrogens is 314 g/mol. The van der Waals surface area contributed by atoms with Crippen LogP contribution in [0.4, 0.5) is 8.78 Å². The Morgan fingerprint density at radius 2 is 1.71 bits per heavy atom. The lowest BCUT2D eigenvalue weighted by Gasteiger charge is -2.30. The van der Waals surface area contributed by atoms with Gasteiger partial charge in [0.25, 0.3) is 0 Å². The van der Waals surface area contributed by atoms with Crippen LogP contribution >= 0.6 is 0 Å². The Morgan fingerprint density at radius 3 is 2.38 bits per heavy atom. The number of halogens is 2. The molecule has 1 aromatic rings. The van der Waals surface area contributed by atoms with Crippen molar-refractivity contribution < 1.29 is 23.0 Å². The molecule has 1 aliphatic rings. The summed E-state index contributed by atoms with van der Waals surface area (Å²) >= 11 is 0. The van der Waals surface area contributed by atoms with Gasteiger partial charge in [0.2, 0.25) is 5.82 Å². The number of hydrogen-bond donors (Lipinski definition) is 0. The molecule has 0 atom stereocenters. The van der Waals surface area contributed by atoms with E-state index in [0.29, 0.717) is 24.7 Å². The standard InChI is InChI=1S/C19H28F2O3/c1-3-4-5-6-7-8-9-14-12-23-19(24-13-14)15-10-11-16(20)17(21)18(15)22-2/h10-11,14,19H,3-9,12-13H2,1-2H3. The predicted molar refractivity (Wildman–Crippen MR) is 89.0 cm³/mol. The Kier molecular flexibility index (Phi) is 7.92. The zero-order chi connectivity index (χ0) is 17.4. The van der Waals surface area contributed by atoms with E-state index in [1.165, 1.54) is 51.7 Å². The molecule has 0 amide bonds. The SMILES string of the molecule is CCCCCCCCC1COC(c2ccc(F)c(F)c2OC)OC1. The summed E-state index contributed by atoms with van der Waals surface area (Å²) in [6.07, 6.45) is 7.98. The first-order valence-corrected chi connectivity index (χ1v) is 8.92. The molecule has 2 rings (SSSR count). The van der Waals surface area contributed by atoms with Gasteiger partial charge >= 0.3 is 0 Å². The van der Waals surface area contributed by atoms with Gasteiger partial charge in [0.15, 0.2) is 17.9 Å². The summed E-state index contributed by atoms with van der Waals surface area (Å²) in [4.78, 5) is 0. The topological polar surface area (TPSA) is 27.7 Å². The Balaban J connectivity index is 1.78. The van der Waals surface area contributed by atoms with Crippen molar-refractivity contribution >= 4 is 0 Å². The zero-order valence-electron chi connectivity index (χ0n) is 14.7. The van der Waals surface area contributed by atoms with Crippen molar-refractivity contribution in [1.82, 2.24) is 0 Å². The van der Waals surface area contributed by atoms with E-state index in [2.05, 4.69) is 6.92 Å². The van der Waals surface area contributed by atoms with Crippen molar-refractivity contribution in [2.45, 2.75) is 58.2 Å². The average molecular weight is 342 g/mol. The van der Waals surface area contributed by atoms with Gasteiger partial charge in [0.05, 0.1) is 25.9 Å². The molecule has 0 spiro atoms. The Bertz CT molecular complexity index is 500. The van der Waals surface area contributed by atoms with Gasteiger partial charge in [-0.1, -0.05) is 45.4 Å². The van der Waals surface area contributed by atoms with E-state index in [9.17, 15) is 8.78 Å². The average Bonchev–Trinajstić information content (AvgIpc) is 2.61. The quantitative estimate of drug-likeness (QED) is 0.564. The summed E-state index contributed by atoms with van der Waals surface area (Å²) in [5.41, 5.74) is 0.398. The maximum atomic E-state index is 13.8. The molecule has 3 nitrogen and oxygen atoms in total. The van der Waals surface area contributed by atoms with Crippen molar-refractivity contribution in [1.29, 1.82) is 0 Å². The summed E-state index contributed by atoms with van der Waals surface area (Å²) in [6, 6.07) is 2.53. The fraction of sp³-hybridized carbons (Fsp3) is 0.684. The van der Waals surface area contributed by atoms with Crippen molar-refractivity contribution in [3.05, 3.63) is 29.3 Å². The van der Waals surface area contributed by atoms with Gasteiger partial charge in [-0.25, -0.2) is 4.39 Å². The summed E-state index contributed by atoms with van der Waals surface area (Å²) < 4.78 is 43.5. The Labute approximate surface area is 143 Å². The fourth-order valence-electron chi connectivity index (χ4n) is 3.04. The van der Waals surface area contributed by atoms with E-state index in [1.807, 2.05) is 0 Å². The summed E-state index contributed by atoms with van der Waals surface area (Å²) in [7, 11) is 1.31. The highest BCUT2D eigenvalue weighted by Gasteiger charge is 2.28. The maximum absolute atomic E-state index is 13.8. The van der Waals surface area contributed by atoms with E-state index in [1.54, 1.807) is 0 Å². The largest absolute Gasteiger partial charge is 0.493 e. The van der Waals surface area contributed by atoms with E-state index in [-0.39, 0.29) is 5.75 Å². The molecule has 1 aliphatic heterocycles. The van der Waals surface area contributed by atoms with Gasteiger partial charge in [-0.2, -0.15) is 4.39 Å². The molecule has 0 N–H and O–H groups in total. The van der Waals surface area contributed by atoms with Crippen molar-refractivity contribution in [3.8, 4) is 5.75 Å². The second kappa shape index (κ2) is 9.94. The second-order valence-corrected chi connectivity index (χ2v) is 6.40. The first kappa shape index (κ1) is 19.1. The smallest absolute Gasteiger partial charge is 0.201 e. The predicted octanol–water partition coefficient (Wildman–Crippen LogP) is 5.39. The molecule has 0 aliphatic carbocycles. The van der Waals surface area contributed by atoms with E-state index >= 15 is 0 Å². The van der Waals surface area contributed by atoms with Gasteiger partial charge in [-0.3, -0.25) is 0 Å². The number of rotatable bonds is 9. The van der Waals surface area contributed by atoms with Crippen molar-refractivity contribution in [2.24, 2.45) is 5.92 Å². The number of benzene rings is 1. The monoisotopic (exact) mass is 342 g/mol. The van der Waals surface area contributed by atoms with Gasteiger partial charge in [0, 0.05) is 5.92 Å². The van der Waals surface area contributed by atoms with Gasteiger partial charge in [0.1, 0.15) is 0 Å². The first-order valence-electron chi connectivity index (χ1n) is 8.92. The van der Waals surface area contributed by atoms with Crippen LogP contribution in [0.1, 0.15) is 63.7 Å². The lowest BCUT2D eigenvalue weighted by molar-refractivity contribution is -0.206. The van der Waals surface area contributed by atoms with Crippen LogP contribution in [0.3, 0.4) is 0 Å². The number of ether oxygens (including phenoxy) is 3. The second-order valence-electron chi connectivity index (χ2n) is 6.40. The third kappa shape index (κ3) is 5.15. The third-order valence-electron chi connectivity index (χ3n) is 4.47. The molecule has 1 fully saturated rings. The number of hydrogen-bond acceptors (Lipinski definition) is 3. The Morgan fingerprint density at radius 1 is 1.04 bits per heavy atom. The molecule has 5 heteroatoms. The lowest BCUT2D eigenvalue weighted by atomic mass is 10.0. The molecular formula is C19H28F2O3. The minimum Gasteiger partial charge on any atom is -0.493 e. The highest BCUT2D eigenvalue weighted by Crippen LogP contribution is 2.35. The molecule has 136 valence electrons. The van der Waals surface area contributed by atoms with E-state index < -0.39 is 17.9 Å². The molecule has 1 heterocycles. The molecule has 0 unspecified atom stereocenters. The first-order chi connectivity index (χ1) is 11.7. The van der Waals surface area contributed by atoms with Crippen LogP contribution in [-0.2, 0) is 9.47 Å². The van der Waals surface area contributed by atoms with Crippen LogP contribution in [0, 0.1) is 17.6 Å². The van der Waals surface area contributed by atoms with Gasteiger partial charge in [-0.15, -0.1) is 0 Å². The van der Waals surface area contributed by atoms with Crippen molar-refractivity contribution in [2.75, 3.05) is 20.3 Å². The van der Waals surface area contributed by atoms with Crippen LogP contribution in [0.15, 0.2) is 12.1 Å². The zero-order valence-corrected chi connectivity index (χ0v) is 14.7. The van der Waals surface area contributed by atoms with E-state index in [4.69, 9.17) is 14.2 Å². The molecule has 1 saturated heterocycles. The number of unbranched alkanes of at least 4 members (excludes halogenated alkanes) is 5. The van der Waals surface area contributed by atoms with Gasteiger partial charge < -0.3 is 14.2 Å². The molecule has 0 saturated carbocycles.